The first-order chi connectivity index (χ1) is 18.3. The van der Waals surface area contributed by atoms with E-state index in [1.165, 1.54) is 18.4 Å². The highest BCUT2D eigenvalue weighted by Crippen LogP contribution is 2.40. The van der Waals surface area contributed by atoms with Gasteiger partial charge < -0.3 is 14.8 Å². The Labute approximate surface area is 224 Å². The third-order valence-electron chi connectivity index (χ3n) is 8.77. The Balaban J connectivity index is 1.34. The molecule has 38 heavy (non-hydrogen) atoms. The number of benzene rings is 1. The number of hydrogen-bond acceptors (Lipinski definition) is 4. The molecule has 3 heterocycles. The van der Waals surface area contributed by atoms with Gasteiger partial charge in [-0.15, -0.1) is 0 Å². The van der Waals surface area contributed by atoms with Gasteiger partial charge >= 0.3 is 0 Å². The molecule has 1 aliphatic heterocycles. The SMILES string of the molecule is Cc1c(NC(=O)c2cccc(C#N)c2)cnc2c1c(C1CCN(C(=O)[C@@H]3CCCC3C(C)C)CC1)cn2C. The zero-order valence-corrected chi connectivity index (χ0v) is 22.8. The maximum atomic E-state index is 13.4. The summed E-state index contributed by atoms with van der Waals surface area (Å²) in [6.45, 7) is 8.11. The second-order valence-corrected chi connectivity index (χ2v) is 11.4. The summed E-state index contributed by atoms with van der Waals surface area (Å²) in [5, 5.41) is 13.3. The summed E-state index contributed by atoms with van der Waals surface area (Å²) in [6.07, 6.45) is 9.12. The van der Waals surface area contributed by atoms with E-state index in [-0.39, 0.29) is 11.8 Å². The topological polar surface area (TPSA) is 91.0 Å². The number of fused-ring (bicyclic) bond motifs is 1. The zero-order valence-electron chi connectivity index (χ0n) is 22.8. The molecule has 1 saturated heterocycles. The summed E-state index contributed by atoms with van der Waals surface area (Å²) in [4.78, 5) is 33.1. The van der Waals surface area contributed by atoms with E-state index in [0.29, 0.717) is 40.5 Å². The molecule has 1 saturated carbocycles. The van der Waals surface area contributed by atoms with Crippen molar-refractivity contribution >= 4 is 28.5 Å². The third kappa shape index (κ3) is 4.80. The normalized spacial score (nSPS) is 20.2. The number of hydrogen-bond donors (Lipinski definition) is 1. The second-order valence-electron chi connectivity index (χ2n) is 11.4. The van der Waals surface area contributed by atoms with Crippen LogP contribution in [0.4, 0.5) is 5.69 Å². The number of nitrogens with zero attached hydrogens (tertiary/aromatic N) is 4. The van der Waals surface area contributed by atoms with Crippen LogP contribution < -0.4 is 5.32 Å². The Hall–Kier alpha value is -3.66. The highest BCUT2D eigenvalue weighted by Gasteiger charge is 2.38. The number of anilines is 1. The highest BCUT2D eigenvalue weighted by atomic mass is 16.2. The lowest BCUT2D eigenvalue weighted by Gasteiger charge is -2.35. The van der Waals surface area contributed by atoms with Crippen LogP contribution in [0.2, 0.25) is 0 Å². The van der Waals surface area contributed by atoms with Crippen LogP contribution >= 0.6 is 0 Å². The Morgan fingerprint density at radius 2 is 1.92 bits per heavy atom. The highest BCUT2D eigenvalue weighted by molar-refractivity contribution is 6.06. The number of aromatic nitrogens is 2. The van der Waals surface area contributed by atoms with Crippen molar-refractivity contribution in [3.05, 3.63) is 58.9 Å². The largest absolute Gasteiger partial charge is 0.342 e. The van der Waals surface area contributed by atoms with Gasteiger partial charge in [0.15, 0.2) is 0 Å². The summed E-state index contributed by atoms with van der Waals surface area (Å²) in [5.74, 6) is 1.70. The number of carbonyl (C=O) groups excluding carboxylic acids is 2. The molecular weight excluding hydrogens is 474 g/mol. The number of piperidine rings is 1. The van der Waals surface area contributed by atoms with Crippen LogP contribution in [0.5, 0.6) is 0 Å². The van der Waals surface area contributed by atoms with Gasteiger partial charge in [0.25, 0.3) is 5.91 Å². The molecule has 7 nitrogen and oxygen atoms in total. The predicted octanol–water partition coefficient (Wildman–Crippen LogP) is 5.78. The number of nitriles is 1. The lowest BCUT2D eigenvalue weighted by molar-refractivity contribution is -0.138. The maximum Gasteiger partial charge on any atom is 0.255 e. The average molecular weight is 512 g/mol. The average Bonchev–Trinajstić information content (AvgIpc) is 3.55. The summed E-state index contributed by atoms with van der Waals surface area (Å²) < 4.78 is 2.06. The molecule has 1 N–H and O–H groups in total. The second kappa shape index (κ2) is 10.6. The van der Waals surface area contributed by atoms with Gasteiger partial charge in [-0.1, -0.05) is 26.3 Å². The van der Waals surface area contributed by atoms with Gasteiger partial charge in [-0.2, -0.15) is 5.26 Å². The van der Waals surface area contributed by atoms with Gasteiger partial charge in [-0.05, 0) is 79.7 Å². The standard InChI is InChI=1S/C31H37N5O2/c1-19(2)24-9-6-10-25(24)31(38)36-13-11-22(12-14-36)26-18-35(4)29-28(26)20(3)27(17-33-29)34-30(37)23-8-5-7-21(15-23)16-32/h5,7-8,15,17-19,22,24-25H,6,9-14H2,1-4H3,(H,34,37)/t24?,25-/m1/s1. The molecule has 1 aromatic carbocycles. The minimum absolute atomic E-state index is 0.190. The number of carbonyl (C=O) groups is 2. The Kier molecular flexibility index (Phi) is 7.25. The molecular formula is C31H37N5O2. The zero-order chi connectivity index (χ0) is 27.0. The summed E-state index contributed by atoms with van der Waals surface area (Å²) in [5.41, 5.74) is 4.68. The minimum atomic E-state index is -0.262. The first-order valence-corrected chi connectivity index (χ1v) is 13.8. The molecule has 2 aliphatic rings. The molecule has 1 unspecified atom stereocenters. The number of likely N-dealkylation sites (tertiary alicyclic amines) is 1. The van der Waals surface area contributed by atoms with Gasteiger partial charge in [0.05, 0.1) is 23.5 Å². The molecule has 2 atom stereocenters. The molecule has 2 amide bonds. The van der Waals surface area contributed by atoms with Crippen molar-refractivity contribution in [3.63, 3.8) is 0 Å². The fourth-order valence-electron chi connectivity index (χ4n) is 6.64. The van der Waals surface area contributed by atoms with Crippen LogP contribution in [0.15, 0.2) is 36.7 Å². The van der Waals surface area contributed by atoms with Crippen molar-refractivity contribution in [1.82, 2.24) is 14.5 Å². The van der Waals surface area contributed by atoms with E-state index < -0.39 is 0 Å². The number of pyridine rings is 1. The number of aryl methyl sites for hydroxylation is 2. The van der Waals surface area contributed by atoms with Crippen molar-refractivity contribution in [1.29, 1.82) is 5.26 Å². The van der Waals surface area contributed by atoms with Crippen LogP contribution in [0.1, 0.15) is 78.9 Å². The van der Waals surface area contributed by atoms with E-state index in [1.54, 1.807) is 30.5 Å². The van der Waals surface area contributed by atoms with E-state index in [2.05, 4.69) is 45.9 Å². The first-order valence-electron chi connectivity index (χ1n) is 13.8. The van der Waals surface area contributed by atoms with Gasteiger partial charge in [0, 0.05) is 43.2 Å². The van der Waals surface area contributed by atoms with E-state index >= 15 is 0 Å². The van der Waals surface area contributed by atoms with Crippen LogP contribution in [0.3, 0.4) is 0 Å². The summed E-state index contributed by atoms with van der Waals surface area (Å²) in [7, 11) is 2.01. The van der Waals surface area contributed by atoms with E-state index in [0.717, 1.165) is 48.9 Å². The van der Waals surface area contributed by atoms with Crippen LogP contribution in [-0.2, 0) is 11.8 Å². The predicted molar refractivity (Wildman–Crippen MR) is 149 cm³/mol. The fourth-order valence-corrected chi connectivity index (χ4v) is 6.64. The molecule has 1 aliphatic carbocycles. The number of nitrogens with one attached hydrogen (secondary N) is 1. The van der Waals surface area contributed by atoms with E-state index in [9.17, 15) is 14.9 Å². The van der Waals surface area contributed by atoms with Crippen molar-refractivity contribution in [2.45, 2.75) is 58.8 Å². The van der Waals surface area contributed by atoms with Crippen LogP contribution in [0, 0.1) is 36.0 Å². The van der Waals surface area contributed by atoms with Gasteiger partial charge in [0.1, 0.15) is 5.65 Å². The van der Waals surface area contributed by atoms with E-state index in [4.69, 9.17) is 0 Å². The minimum Gasteiger partial charge on any atom is -0.342 e. The molecule has 2 aromatic heterocycles. The maximum absolute atomic E-state index is 13.4. The van der Waals surface area contributed by atoms with Crippen molar-refractivity contribution < 1.29 is 9.59 Å². The number of amides is 2. The molecule has 0 bridgehead atoms. The molecule has 7 heteroatoms. The fraction of sp³-hybridized carbons (Fsp3) is 0.484. The Bertz CT molecular complexity index is 1410. The van der Waals surface area contributed by atoms with Gasteiger partial charge in [-0.25, -0.2) is 4.98 Å². The van der Waals surface area contributed by atoms with Crippen LogP contribution in [0.25, 0.3) is 11.0 Å². The van der Waals surface area contributed by atoms with Crippen LogP contribution in [-0.4, -0.2) is 39.4 Å². The van der Waals surface area contributed by atoms with Gasteiger partial charge in [-0.3, -0.25) is 9.59 Å². The smallest absolute Gasteiger partial charge is 0.255 e. The molecule has 0 radical (unpaired) electrons. The summed E-state index contributed by atoms with van der Waals surface area (Å²) in [6, 6.07) is 8.77. The third-order valence-corrected chi connectivity index (χ3v) is 8.77. The Morgan fingerprint density at radius 3 is 2.63 bits per heavy atom. The molecule has 2 fully saturated rings. The quantitative estimate of drug-likeness (QED) is 0.470. The number of rotatable bonds is 5. The first kappa shape index (κ1) is 26.0. The molecule has 3 aromatic rings. The lowest BCUT2D eigenvalue weighted by Crippen LogP contribution is -2.42. The monoisotopic (exact) mass is 511 g/mol. The van der Waals surface area contributed by atoms with Crippen molar-refractivity contribution in [2.24, 2.45) is 24.8 Å². The Morgan fingerprint density at radius 1 is 1.16 bits per heavy atom. The summed E-state index contributed by atoms with van der Waals surface area (Å²) >= 11 is 0. The lowest BCUT2D eigenvalue weighted by atomic mass is 9.84. The van der Waals surface area contributed by atoms with Gasteiger partial charge in [0.2, 0.25) is 5.91 Å². The molecule has 5 rings (SSSR count). The molecule has 198 valence electrons. The van der Waals surface area contributed by atoms with Crippen molar-refractivity contribution in [2.75, 3.05) is 18.4 Å². The van der Waals surface area contributed by atoms with Crippen molar-refractivity contribution in [3.8, 4) is 6.07 Å². The molecule has 0 spiro atoms. The van der Waals surface area contributed by atoms with E-state index in [1.807, 2.05) is 14.0 Å².